The van der Waals surface area contributed by atoms with Gasteiger partial charge in [0.25, 0.3) is 0 Å². The highest BCUT2D eigenvalue weighted by Gasteiger charge is 2.25. The number of carbonyl (C=O) groups excluding carboxylic acids is 1. The largest absolute Gasteiger partial charge is 0.425 e. The molecule has 5 nitrogen and oxygen atoms in total. The SMILES string of the molecule is Cc1ccc2c(c1)N(C(=O)CCc1nnc(C3CCCC3)o1)CCC2. The first-order chi connectivity index (χ1) is 12.2. The quantitative estimate of drug-likeness (QED) is 0.846. The smallest absolute Gasteiger partial charge is 0.227 e. The lowest BCUT2D eigenvalue weighted by Crippen LogP contribution is -2.35. The van der Waals surface area contributed by atoms with Crippen molar-refractivity contribution in [1.82, 2.24) is 10.2 Å². The number of aromatic nitrogens is 2. The van der Waals surface area contributed by atoms with E-state index in [1.54, 1.807) is 0 Å². The summed E-state index contributed by atoms with van der Waals surface area (Å²) in [6.45, 7) is 2.87. The molecule has 1 aromatic heterocycles. The van der Waals surface area contributed by atoms with Crippen LogP contribution < -0.4 is 4.90 Å². The first-order valence-corrected chi connectivity index (χ1v) is 9.43. The summed E-state index contributed by atoms with van der Waals surface area (Å²) in [4.78, 5) is 14.7. The number of nitrogens with zero attached hydrogens (tertiary/aromatic N) is 3. The molecule has 1 aliphatic heterocycles. The van der Waals surface area contributed by atoms with Crippen LogP contribution in [0.3, 0.4) is 0 Å². The van der Waals surface area contributed by atoms with Crippen molar-refractivity contribution < 1.29 is 9.21 Å². The minimum atomic E-state index is 0.146. The van der Waals surface area contributed by atoms with E-state index in [0.29, 0.717) is 24.7 Å². The van der Waals surface area contributed by atoms with Crippen LogP contribution in [0.25, 0.3) is 0 Å². The third-order valence-electron chi connectivity index (χ3n) is 5.40. The van der Waals surface area contributed by atoms with E-state index in [0.717, 1.165) is 43.8 Å². The number of hydrogen-bond acceptors (Lipinski definition) is 4. The molecule has 2 aliphatic rings. The number of carbonyl (C=O) groups is 1. The summed E-state index contributed by atoms with van der Waals surface area (Å²) in [6.07, 6.45) is 7.79. The second-order valence-corrected chi connectivity index (χ2v) is 7.30. The lowest BCUT2D eigenvalue weighted by Gasteiger charge is -2.29. The van der Waals surface area contributed by atoms with Crippen molar-refractivity contribution in [2.45, 2.75) is 64.2 Å². The zero-order valence-corrected chi connectivity index (χ0v) is 14.8. The molecule has 0 radical (unpaired) electrons. The Labute approximate surface area is 148 Å². The zero-order chi connectivity index (χ0) is 17.2. The molecule has 1 amide bonds. The second kappa shape index (κ2) is 6.98. The topological polar surface area (TPSA) is 59.2 Å². The molecule has 25 heavy (non-hydrogen) atoms. The van der Waals surface area contributed by atoms with E-state index in [1.807, 2.05) is 4.90 Å². The number of fused-ring (bicyclic) bond motifs is 1. The lowest BCUT2D eigenvalue weighted by molar-refractivity contribution is -0.118. The molecule has 2 aromatic rings. The maximum atomic E-state index is 12.7. The van der Waals surface area contributed by atoms with Crippen LogP contribution in [0.1, 0.15) is 67.4 Å². The predicted molar refractivity (Wildman–Crippen MR) is 95.7 cm³/mol. The summed E-state index contributed by atoms with van der Waals surface area (Å²) in [5, 5.41) is 8.34. The van der Waals surface area contributed by atoms with Gasteiger partial charge in [0.15, 0.2) is 0 Å². The first-order valence-electron chi connectivity index (χ1n) is 9.43. The predicted octanol–water partition coefficient (Wildman–Crippen LogP) is 3.95. The van der Waals surface area contributed by atoms with Gasteiger partial charge in [-0.2, -0.15) is 0 Å². The summed E-state index contributed by atoms with van der Waals surface area (Å²) < 4.78 is 5.80. The van der Waals surface area contributed by atoms with Crippen molar-refractivity contribution in [2.75, 3.05) is 11.4 Å². The van der Waals surface area contributed by atoms with Gasteiger partial charge < -0.3 is 9.32 Å². The lowest BCUT2D eigenvalue weighted by atomic mass is 9.99. The summed E-state index contributed by atoms with van der Waals surface area (Å²) in [7, 11) is 0. The third-order valence-corrected chi connectivity index (χ3v) is 5.40. The molecule has 1 aliphatic carbocycles. The Morgan fingerprint density at radius 1 is 1.24 bits per heavy atom. The molecule has 1 fully saturated rings. The fraction of sp³-hybridized carbons (Fsp3) is 0.550. The Morgan fingerprint density at radius 2 is 2.08 bits per heavy atom. The van der Waals surface area contributed by atoms with Crippen LogP contribution in [0.2, 0.25) is 0 Å². The highest BCUT2D eigenvalue weighted by Crippen LogP contribution is 2.33. The maximum Gasteiger partial charge on any atom is 0.227 e. The fourth-order valence-corrected chi connectivity index (χ4v) is 4.00. The minimum Gasteiger partial charge on any atom is -0.425 e. The molecule has 132 valence electrons. The molecular formula is C20H25N3O2. The van der Waals surface area contributed by atoms with Crippen molar-refractivity contribution in [3.63, 3.8) is 0 Å². The second-order valence-electron chi connectivity index (χ2n) is 7.30. The van der Waals surface area contributed by atoms with E-state index in [9.17, 15) is 4.79 Å². The molecule has 0 saturated heterocycles. The van der Waals surface area contributed by atoms with Crippen molar-refractivity contribution in [3.8, 4) is 0 Å². The van der Waals surface area contributed by atoms with E-state index < -0.39 is 0 Å². The molecule has 0 spiro atoms. The van der Waals surface area contributed by atoms with E-state index in [2.05, 4.69) is 35.3 Å². The van der Waals surface area contributed by atoms with Gasteiger partial charge in [0.05, 0.1) is 0 Å². The Morgan fingerprint density at radius 3 is 2.92 bits per heavy atom. The summed E-state index contributed by atoms with van der Waals surface area (Å²) in [6, 6.07) is 6.39. The molecule has 0 bridgehead atoms. The number of aryl methyl sites for hydroxylation is 3. The molecule has 0 atom stereocenters. The van der Waals surface area contributed by atoms with Crippen LogP contribution in [-0.4, -0.2) is 22.6 Å². The average Bonchev–Trinajstić information content (AvgIpc) is 3.30. The van der Waals surface area contributed by atoms with Crippen LogP contribution in [-0.2, 0) is 17.6 Å². The minimum absolute atomic E-state index is 0.146. The van der Waals surface area contributed by atoms with Gasteiger partial charge in [-0.25, -0.2) is 0 Å². The van der Waals surface area contributed by atoms with Crippen molar-refractivity contribution >= 4 is 11.6 Å². The Kier molecular flexibility index (Phi) is 4.55. The van der Waals surface area contributed by atoms with Crippen LogP contribution in [0.5, 0.6) is 0 Å². The van der Waals surface area contributed by atoms with Crippen molar-refractivity contribution in [1.29, 1.82) is 0 Å². The zero-order valence-electron chi connectivity index (χ0n) is 14.8. The van der Waals surface area contributed by atoms with Crippen LogP contribution in [0, 0.1) is 6.92 Å². The Hall–Kier alpha value is -2.17. The van der Waals surface area contributed by atoms with E-state index >= 15 is 0 Å². The molecule has 2 heterocycles. The first kappa shape index (κ1) is 16.3. The molecule has 1 aromatic carbocycles. The van der Waals surface area contributed by atoms with Crippen LogP contribution in [0.15, 0.2) is 22.6 Å². The molecule has 1 saturated carbocycles. The Bertz CT molecular complexity index is 762. The summed E-state index contributed by atoms with van der Waals surface area (Å²) >= 11 is 0. The third kappa shape index (κ3) is 3.46. The number of anilines is 1. The van der Waals surface area contributed by atoms with Gasteiger partial charge in [-0.05, 0) is 49.8 Å². The molecule has 5 heteroatoms. The average molecular weight is 339 g/mol. The van der Waals surface area contributed by atoms with E-state index in [-0.39, 0.29) is 5.91 Å². The highest BCUT2D eigenvalue weighted by atomic mass is 16.4. The number of benzene rings is 1. The van der Waals surface area contributed by atoms with E-state index in [4.69, 9.17) is 4.42 Å². The van der Waals surface area contributed by atoms with Crippen molar-refractivity contribution in [2.24, 2.45) is 0 Å². The molecule has 4 rings (SSSR count). The van der Waals surface area contributed by atoms with Gasteiger partial charge >= 0.3 is 0 Å². The monoisotopic (exact) mass is 339 g/mol. The van der Waals surface area contributed by atoms with Gasteiger partial charge in [0.2, 0.25) is 17.7 Å². The molecule has 0 N–H and O–H groups in total. The standard InChI is InChI=1S/C20H25N3O2/c1-14-8-9-15-7-4-12-23(17(15)13-14)19(24)11-10-18-21-22-20(25-18)16-5-2-3-6-16/h8-9,13,16H,2-7,10-12H2,1H3. The van der Waals surface area contributed by atoms with Gasteiger partial charge in [-0.1, -0.05) is 25.0 Å². The number of amides is 1. The Balaban J connectivity index is 1.41. The summed E-state index contributed by atoms with van der Waals surface area (Å²) in [5.41, 5.74) is 3.54. The van der Waals surface area contributed by atoms with Gasteiger partial charge in [-0.15, -0.1) is 10.2 Å². The highest BCUT2D eigenvalue weighted by molar-refractivity contribution is 5.94. The van der Waals surface area contributed by atoms with Gasteiger partial charge in [-0.3, -0.25) is 4.79 Å². The van der Waals surface area contributed by atoms with E-state index in [1.165, 1.54) is 24.0 Å². The normalized spacial score (nSPS) is 17.7. The van der Waals surface area contributed by atoms with Crippen LogP contribution >= 0.6 is 0 Å². The summed E-state index contributed by atoms with van der Waals surface area (Å²) in [5.74, 6) is 1.93. The number of rotatable bonds is 4. The van der Waals surface area contributed by atoms with Gasteiger partial charge in [0.1, 0.15) is 0 Å². The van der Waals surface area contributed by atoms with Gasteiger partial charge in [0, 0.05) is 31.0 Å². The van der Waals surface area contributed by atoms with Crippen molar-refractivity contribution in [3.05, 3.63) is 41.1 Å². The maximum absolute atomic E-state index is 12.7. The molecule has 0 unspecified atom stereocenters. The fourth-order valence-electron chi connectivity index (χ4n) is 4.00. The number of hydrogen-bond donors (Lipinski definition) is 0. The molecular weight excluding hydrogens is 314 g/mol. The van der Waals surface area contributed by atoms with Crippen LogP contribution in [0.4, 0.5) is 5.69 Å².